The average molecular weight is 280 g/mol. The predicted molar refractivity (Wildman–Crippen MR) is 78.8 cm³/mol. The van der Waals surface area contributed by atoms with E-state index in [1.165, 1.54) is 0 Å². The third kappa shape index (κ3) is 2.89. The van der Waals surface area contributed by atoms with Gasteiger partial charge in [-0.3, -0.25) is 19.4 Å². The van der Waals surface area contributed by atoms with Crippen molar-refractivity contribution in [3.8, 4) is 0 Å². The topological polar surface area (TPSA) is 70.1 Å². The first-order valence-corrected chi connectivity index (χ1v) is 7.12. The zero-order valence-corrected chi connectivity index (χ0v) is 12.7. The molecule has 112 valence electrons. The Bertz CT molecular complexity index is 545. The van der Waals surface area contributed by atoms with Gasteiger partial charge in [-0.15, -0.1) is 0 Å². The Labute approximate surface area is 119 Å². The van der Waals surface area contributed by atoms with Crippen molar-refractivity contribution in [1.29, 1.82) is 0 Å². The van der Waals surface area contributed by atoms with Crippen molar-refractivity contribution in [2.75, 3.05) is 18.0 Å². The average Bonchev–Trinajstić information content (AvgIpc) is 2.93. The lowest BCUT2D eigenvalue weighted by molar-refractivity contribution is -0.128. The monoisotopic (exact) mass is 280 g/mol. The molecule has 6 nitrogen and oxygen atoms in total. The van der Waals surface area contributed by atoms with Crippen molar-refractivity contribution in [2.45, 2.75) is 40.2 Å². The lowest BCUT2D eigenvalue weighted by atomic mass is 9.96. The van der Waals surface area contributed by atoms with Gasteiger partial charge in [0.25, 0.3) is 5.56 Å². The van der Waals surface area contributed by atoms with Crippen molar-refractivity contribution in [3.05, 3.63) is 15.9 Å². The van der Waals surface area contributed by atoms with Crippen molar-refractivity contribution in [1.82, 2.24) is 15.1 Å². The highest BCUT2D eigenvalue weighted by atomic mass is 16.2. The van der Waals surface area contributed by atoms with E-state index < -0.39 is 5.41 Å². The Morgan fingerprint density at radius 3 is 2.45 bits per heavy atom. The summed E-state index contributed by atoms with van der Waals surface area (Å²) >= 11 is 0. The fourth-order valence-electron chi connectivity index (χ4n) is 2.50. The highest BCUT2D eigenvalue weighted by molar-refractivity contribution is 5.81. The smallest absolute Gasteiger partial charge is 0.271 e. The number of rotatable bonds is 3. The van der Waals surface area contributed by atoms with E-state index >= 15 is 0 Å². The van der Waals surface area contributed by atoms with E-state index in [4.69, 9.17) is 0 Å². The van der Waals surface area contributed by atoms with Crippen LogP contribution in [0.4, 0.5) is 5.82 Å². The van der Waals surface area contributed by atoms with Crippen LogP contribution in [-0.4, -0.2) is 28.8 Å². The number of aromatic amines is 1. The molecule has 1 aliphatic rings. The van der Waals surface area contributed by atoms with Crippen LogP contribution in [0.3, 0.4) is 0 Å². The third-order valence-electron chi connectivity index (χ3n) is 3.64. The van der Waals surface area contributed by atoms with Gasteiger partial charge in [-0.05, 0) is 12.8 Å². The molecule has 0 unspecified atom stereocenters. The summed E-state index contributed by atoms with van der Waals surface area (Å²) in [5.74, 6) is 0.856. The van der Waals surface area contributed by atoms with Crippen LogP contribution in [0.5, 0.6) is 0 Å². The molecule has 0 spiro atoms. The summed E-state index contributed by atoms with van der Waals surface area (Å²) in [6, 6.07) is 0. The number of nitrogens with one attached hydrogen (secondary N) is 2. The number of nitrogens with zero attached hydrogens (tertiary/aromatic N) is 2. The lowest BCUT2D eigenvalue weighted by Crippen LogP contribution is -2.35. The minimum absolute atomic E-state index is 0.0480. The maximum atomic E-state index is 12.0. The number of hydrogen-bond donors (Lipinski definition) is 2. The standard InChI is InChI=1S/C14H24N4O2/c1-14(2,3)13(20)15-9-10-11(19)16-17(4)12(10)18-7-5-6-8-18/h5-9H2,1-4H3,(H,15,20)(H,16,19). The van der Waals surface area contributed by atoms with Gasteiger partial charge in [0.05, 0.1) is 12.1 Å². The van der Waals surface area contributed by atoms with Crippen LogP contribution in [0, 0.1) is 5.41 Å². The fourth-order valence-corrected chi connectivity index (χ4v) is 2.50. The molecule has 2 rings (SSSR count). The molecule has 0 bridgehead atoms. The van der Waals surface area contributed by atoms with Gasteiger partial charge >= 0.3 is 0 Å². The van der Waals surface area contributed by atoms with Gasteiger partial charge < -0.3 is 10.2 Å². The number of anilines is 1. The number of carbonyl (C=O) groups is 1. The van der Waals surface area contributed by atoms with Crippen molar-refractivity contribution in [2.24, 2.45) is 12.5 Å². The van der Waals surface area contributed by atoms with Crippen LogP contribution in [-0.2, 0) is 18.4 Å². The molecule has 20 heavy (non-hydrogen) atoms. The Hall–Kier alpha value is -1.72. The summed E-state index contributed by atoms with van der Waals surface area (Å²) in [5.41, 5.74) is 0.0747. The normalized spacial score (nSPS) is 15.7. The van der Waals surface area contributed by atoms with Gasteiger partial charge in [-0.2, -0.15) is 0 Å². The SMILES string of the molecule is Cn1[nH]c(=O)c(CNC(=O)C(C)(C)C)c1N1CCCC1. The van der Waals surface area contributed by atoms with Crippen molar-refractivity contribution >= 4 is 11.7 Å². The molecule has 0 aliphatic carbocycles. The largest absolute Gasteiger partial charge is 0.356 e. The summed E-state index contributed by atoms with van der Waals surface area (Å²) in [6.45, 7) is 7.78. The quantitative estimate of drug-likeness (QED) is 0.867. The molecule has 1 aromatic heterocycles. The molecule has 0 radical (unpaired) electrons. The molecule has 1 amide bonds. The van der Waals surface area contributed by atoms with Crippen LogP contribution in [0.2, 0.25) is 0 Å². The van der Waals surface area contributed by atoms with Crippen LogP contribution in [0.1, 0.15) is 39.2 Å². The number of amides is 1. The summed E-state index contributed by atoms with van der Waals surface area (Å²) < 4.78 is 1.76. The summed E-state index contributed by atoms with van der Waals surface area (Å²) in [4.78, 5) is 26.2. The van der Waals surface area contributed by atoms with E-state index in [0.29, 0.717) is 5.56 Å². The third-order valence-corrected chi connectivity index (χ3v) is 3.64. The van der Waals surface area contributed by atoms with E-state index in [0.717, 1.165) is 31.7 Å². The molecule has 0 atom stereocenters. The van der Waals surface area contributed by atoms with E-state index in [2.05, 4.69) is 15.3 Å². The molecule has 1 aliphatic heterocycles. The van der Waals surface area contributed by atoms with Crippen molar-refractivity contribution in [3.63, 3.8) is 0 Å². The first-order valence-electron chi connectivity index (χ1n) is 7.12. The van der Waals surface area contributed by atoms with Gasteiger partial charge in [0.2, 0.25) is 5.91 Å². The molecule has 1 fully saturated rings. The van der Waals surface area contributed by atoms with Crippen molar-refractivity contribution < 1.29 is 4.79 Å². The van der Waals surface area contributed by atoms with E-state index in [-0.39, 0.29) is 18.0 Å². The Kier molecular flexibility index (Phi) is 3.92. The molecule has 2 N–H and O–H groups in total. The molecule has 0 aromatic carbocycles. The molecule has 1 saturated heterocycles. The molecular weight excluding hydrogens is 256 g/mol. The van der Waals surface area contributed by atoms with Crippen LogP contribution in [0.25, 0.3) is 0 Å². The Morgan fingerprint density at radius 2 is 1.90 bits per heavy atom. The summed E-state index contributed by atoms with van der Waals surface area (Å²) in [5, 5.41) is 5.64. The highest BCUT2D eigenvalue weighted by Crippen LogP contribution is 2.22. The predicted octanol–water partition coefficient (Wildman–Crippen LogP) is 0.976. The zero-order valence-electron chi connectivity index (χ0n) is 12.7. The highest BCUT2D eigenvalue weighted by Gasteiger charge is 2.25. The van der Waals surface area contributed by atoms with E-state index in [1.807, 2.05) is 27.8 Å². The number of hydrogen-bond acceptors (Lipinski definition) is 3. The second kappa shape index (κ2) is 5.34. The number of aryl methyl sites for hydroxylation is 1. The maximum Gasteiger partial charge on any atom is 0.271 e. The van der Waals surface area contributed by atoms with Gasteiger partial charge in [0, 0.05) is 25.6 Å². The molecular formula is C14H24N4O2. The van der Waals surface area contributed by atoms with Gasteiger partial charge in [0.1, 0.15) is 5.82 Å². The van der Waals surface area contributed by atoms with Crippen LogP contribution < -0.4 is 15.8 Å². The first kappa shape index (κ1) is 14.7. The van der Waals surface area contributed by atoms with Gasteiger partial charge in [0.15, 0.2) is 0 Å². The first-order chi connectivity index (χ1) is 9.30. The fraction of sp³-hybridized carbons (Fsp3) is 0.714. The number of H-pyrrole nitrogens is 1. The number of carbonyl (C=O) groups excluding carboxylic acids is 1. The van der Waals surface area contributed by atoms with Gasteiger partial charge in [-0.1, -0.05) is 20.8 Å². The minimum atomic E-state index is -0.449. The summed E-state index contributed by atoms with van der Waals surface area (Å²) in [6.07, 6.45) is 2.29. The Balaban J connectivity index is 2.19. The minimum Gasteiger partial charge on any atom is -0.356 e. The molecule has 1 aromatic rings. The molecule has 6 heteroatoms. The second-order valence-corrected chi connectivity index (χ2v) is 6.43. The number of aromatic nitrogens is 2. The van der Waals surface area contributed by atoms with E-state index in [9.17, 15) is 9.59 Å². The Morgan fingerprint density at radius 1 is 1.30 bits per heavy atom. The van der Waals surface area contributed by atoms with E-state index in [1.54, 1.807) is 4.68 Å². The maximum absolute atomic E-state index is 12.0. The van der Waals surface area contributed by atoms with Gasteiger partial charge in [-0.25, -0.2) is 0 Å². The second-order valence-electron chi connectivity index (χ2n) is 6.43. The lowest BCUT2D eigenvalue weighted by Gasteiger charge is -2.21. The van der Waals surface area contributed by atoms with Crippen LogP contribution >= 0.6 is 0 Å². The zero-order chi connectivity index (χ0) is 14.9. The molecule has 2 heterocycles. The molecule has 0 saturated carbocycles. The van der Waals surface area contributed by atoms with Crippen LogP contribution in [0.15, 0.2) is 4.79 Å². The summed E-state index contributed by atoms with van der Waals surface area (Å²) in [7, 11) is 1.84.